The lowest BCUT2D eigenvalue weighted by atomic mass is 10.2. The van der Waals surface area contributed by atoms with Crippen LogP contribution in [0.5, 0.6) is 0 Å². The van der Waals surface area contributed by atoms with Crippen molar-refractivity contribution >= 4 is 23.6 Å². The number of thiophene rings is 1. The second-order valence-corrected chi connectivity index (χ2v) is 5.49. The van der Waals surface area contributed by atoms with Gasteiger partial charge in [-0.05, 0) is 42.2 Å². The molecule has 0 radical (unpaired) electrons. The number of hydrogen-bond acceptors (Lipinski definition) is 4. The van der Waals surface area contributed by atoms with Crippen LogP contribution in [0.4, 0.5) is 0 Å². The van der Waals surface area contributed by atoms with E-state index in [1.54, 1.807) is 23.7 Å². The van der Waals surface area contributed by atoms with Gasteiger partial charge >= 0.3 is 0 Å². The molecule has 1 N–H and O–H groups in total. The number of rotatable bonds is 4. The van der Waals surface area contributed by atoms with E-state index in [9.17, 15) is 0 Å². The molecule has 3 aromatic heterocycles. The zero-order chi connectivity index (χ0) is 13.1. The molecule has 0 atom stereocenters. The summed E-state index contributed by atoms with van der Waals surface area (Å²) in [7, 11) is 0. The molecule has 6 heteroatoms. The van der Waals surface area contributed by atoms with Crippen molar-refractivity contribution in [3.05, 3.63) is 51.7 Å². The summed E-state index contributed by atoms with van der Waals surface area (Å²) in [5, 5.41) is 9.24. The molecule has 3 rings (SSSR count). The quantitative estimate of drug-likeness (QED) is 0.749. The molecule has 0 bridgehead atoms. The van der Waals surface area contributed by atoms with Crippen LogP contribution in [0.3, 0.4) is 0 Å². The van der Waals surface area contributed by atoms with Crippen molar-refractivity contribution in [2.75, 3.05) is 0 Å². The predicted octanol–water partition coefficient (Wildman–Crippen LogP) is 3.31. The Kier molecular flexibility index (Phi) is 3.52. The van der Waals surface area contributed by atoms with E-state index < -0.39 is 0 Å². The Balaban J connectivity index is 1.89. The summed E-state index contributed by atoms with van der Waals surface area (Å²) >= 11 is 7.06. The molecule has 3 heterocycles. The van der Waals surface area contributed by atoms with Gasteiger partial charge in [0.15, 0.2) is 10.6 Å². The number of pyridine rings is 1. The normalized spacial score (nSPS) is 10.7. The summed E-state index contributed by atoms with van der Waals surface area (Å²) in [4.78, 5) is 5.47. The fourth-order valence-electron chi connectivity index (χ4n) is 1.92. The van der Waals surface area contributed by atoms with Crippen LogP contribution in [0.25, 0.3) is 11.4 Å². The van der Waals surface area contributed by atoms with Crippen LogP contribution in [0, 0.1) is 4.77 Å². The van der Waals surface area contributed by atoms with Gasteiger partial charge in [0.1, 0.15) is 0 Å². The molecule has 0 spiro atoms. The molecule has 0 aliphatic carbocycles. The second-order valence-electron chi connectivity index (χ2n) is 4.08. The summed E-state index contributed by atoms with van der Waals surface area (Å²) in [5.74, 6) is 0.842. The lowest BCUT2D eigenvalue weighted by Crippen LogP contribution is -2.03. The summed E-state index contributed by atoms with van der Waals surface area (Å²) in [6.45, 7) is 0.820. The van der Waals surface area contributed by atoms with E-state index in [4.69, 9.17) is 12.2 Å². The van der Waals surface area contributed by atoms with Gasteiger partial charge in [-0.1, -0.05) is 6.07 Å². The molecule has 0 saturated heterocycles. The fraction of sp³-hybridized carbons (Fsp3) is 0.154. The first kappa shape index (κ1) is 12.3. The Morgan fingerprint density at radius 3 is 3.00 bits per heavy atom. The Bertz CT molecular complexity index is 698. The van der Waals surface area contributed by atoms with Gasteiger partial charge in [0.05, 0.1) is 0 Å². The van der Waals surface area contributed by atoms with Crippen molar-refractivity contribution in [3.8, 4) is 11.4 Å². The molecule has 3 aromatic rings. The maximum absolute atomic E-state index is 5.30. The molecule has 0 unspecified atom stereocenters. The zero-order valence-electron chi connectivity index (χ0n) is 10.1. The van der Waals surface area contributed by atoms with Gasteiger partial charge in [0.2, 0.25) is 0 Å². The highest BCUT2D eigenvalue weighted by Crippen LogP contribution is 2.17. The van der Waals surface area contributed by atoms with Gasteiger partial charge in [-0.15, -0.1) is 11.3 Å². The van der Waals surface area contributed by atoms with Gasteiger partial charge in [-0.2, -0.15) is 5.10 Å². The number of H-pyrrole nitrogens is 1. The Morgan fingerprint density at radius 2 is 2.26 bits per heavy atom. The molecule has 0 aliphatic heterocycles. The van der Waals surface area contributed by atoms with Crippen LogP contribution in [0.15, 0.2) is 42.0 Å². The van der Waals surface area contributed by atoms with E-state index in [1.165, 1.54) is 4.88 Å². The van der Waals surface area contributed by atoms with Crippen LogP contribution in [-0.2, 0) is 13.0 Å². The lowest BCUT2D eigenvalue weighted by Gasteiger charge is -2.05. The minimum Gasteiger partial charge on any atom is -0.300 e. The molecule has 0 amide bonds. The first-order chi connectivity index (χ1) is 9.34. The smallest absolute Gasteiger partial charge is 0.195 e. The molecule has 0 fully saturated rings. The standard InChI is InChI=1S/C13H12N4S2/c18-13-16-15-12(10-3-1-6-14-9-10)17(13)7-5-11-4-2-8-19-11/h1-4,6,8-9H,5,7H2,(H,16,18). The van der Waals surface area contributed by atoms with Crippen LogP contribution in [0.2, 0.25) is 0 Å². The lowest BCUT2D eigenvalue weighted by molar-refractivity contribution is 0.697. The second kappa shape index (κ2) is 5.46. The number of aromatic amines is 1. The summed E-state index contributed by atoms with van der Waals surface area (Å²) in [6.07, 6.45) is 4.51. The average Bonchev–Trinajstić information content (AvgIpc) is 3.07. The van der Waals surface area contributed by atoms with Crippen molar-refractivity contribution in [1.82, 2.24) is 19.7 Å². The molecule has 96 valence electrons. The van der Waals surface area contributed by atoms with Crippen LogP contribution >= 0.6 is 23.6 Å². The highest BCUT2D eigenvalue weighted by atomic mass is 32.1. The highest BCUT2D eigenvalue weighted by Gasteiger charge is 2.08. The molecule has 0 aliphatic rings. The van der Waals surface area contributed by atoms with Crippen molar-refractivity contribution in [1.29, 1.82) is 0 Å². The van der Waals surface area contributed by atoms with Gasteiger partial charge in [-0.25, -0.2) is 0 Å². The van der Waals surface area contributed by atoms with E-state index in [0.29, 0.717) is 4.77 Å². The molecular formula is C13H12N4S2. The molecule has 0 saturated carbocycles. The summed E-state index contributed by atoms with van der Waals surface area (Å²) in [5.41, 5.74) is 0.973. The number of hydrogen-bond donors (Lipinski definition) is 1. The third-order valence-corrected chi connectivity index (χ3v) is 4.09. The minimum atomic E-state index is 0.649. The summed E-state index contributed by atoms with van der Waals surface area (Å²) < 4.78 is 2.67. The van der Waals surface area contributed by atoms with Crippen LogP contribution in [-0.4, -0.2) is 19.7 Å². The Morgan fingerprint density at radius 1 is 1.32 bits per heavy atom. The van der Waals surface area contributed by atoms with Crippen LogP contribution < -0.4 is 0 Å². The van der Waals surface area contributed by atoms with E-state index in [0.717, 1.165) is 24.4 Å². The first-order valence-electron chi connectivity index (χ1n) is 5.92. The van der Waals surface area contributed by atoms with E-state index in [1.807, 2.05) is 16.7 Å². The van der Waals surface area contributed by atoms with Crippen molar-refractivity contribution in [3.63, 3.8) is 0 Å². The van der Waals surface area contributed by atoms with Gasteiger partial charge < -0.3 is 0 Å². The Hall–Kier alpha value is -1.79. The topological polar surface area (TPSA) is 46.5 Å². The number of aromatic nitrogens is 4. The van der Waals surface area contributed by atoms with Crippen LogP contribution in [0.1, 0.15) is 4.88 Å². The van der Waals surface area contributed by atoms with Crippen molar-refractivity contribution in [2.45, 2.75) is 13.0 Å². The third kappa shape index (κ3) is 2.64. The fourth-order valence-corrected chi connectivity index (χ4v) is 2.84. The molecule has 0 aromatic carbocycles. The average molecular weight is 288 g/mol. The number of nitrogens with zero attached hydrogens (tertiary/aromatic N) is 3. The SMILES string of the molecule is S=c1[nH]nc(-c2cccnc2)n1CCc1cccs1. The van der Waals surface area contributed by atoms with Gasteiger partial charge in [0, 0.05) is 29.4 Å². The predicted molar refractivity (Wildman–Crippen MR) is 78.7 cm³/mol. The van der Waals surface area contributed by atoms with Gasteiger partial charge in [-0.3, -0.25) is 14.6 Å². The third-order valence-electron chi connectivity index (χ3n) is 2.84. The largest absolute Gasteiger partial charge is 0.300 e. The number of nitrogens with one attached hydrogen (secondary N) is 1. The highest BCUT2D eigenvalue weighted by molar-refractivity contribution is 7.71. The van der Waals surface area contributed by atoms with Gasteiger partial charge in [0.25, 0.3) is 0 Å². The van der Waals surface area contributed by atoms with E-state index in [-0.39, 0.29) is 0 Å². The van der Waals surface area contributed by atoms with Crippen molar-refractivity contribution < 1.29 is 0 Å². The van der Waals surface area contributed by atoms with E-state index in [2.05, 4.69) is 32.7 Å². The Labute approximate surface area is 119 Å². The molecule has 19 heavy (non-hydrogen) atoms. The zero-order valence-corrected chi connectivity index (χ0v) is 11.7. The monoisotopic (exact) mass is 288 g/mol. The number of aryl methyl sites for hydroxylation is 1. The maximum Gasteiger partial charge on any atom is 0.195 e. The maximum atomic E-state index is 5.30. The van der Waals surface area contributed by atoms with E-state index >= 15 is 0 Å². The first-order valence-corrected chi connectivity index (χ1v) is 7.21. The summed E-state index contributed by atoms with van der Waals surface area (Å²) in [6, 6.07) is 8.09. The molecule has 4 nitrogen and oxygen atoms in total. The minimum absolute atomic E-state index is 0.649. The molecular weight excluding hydrogens is 276 g/mol. The van der Waals surface area contributed by atoms with Crippen molar-refractivity contribution in [2.24, 2.45) is 0 Å².